The average Bonchev–Trinajstić information content (AvgIpc) is 1.77. The van der Waals surface area contributed by atoms with E-state index < -0.39 is 0 Å². The molecule has 3 nitrogen and oxygen atoms in total. The summed E-state index contributed by atoms with van der Waals surface area (Å²) in [6, 6.07) is 84.1. The first-order chi connectivity index (χ1) is 39.4. The highest BCUT2D eigenvalue weighted by Gasteiger charge is 2.48. The van der Waals surface area contributed by atoms with Crippen molar-refractivity contribution in [1.82, 2.24) is 0 Å². The van der Waals surface area contributed by atoms with Crippen molar-refractivity contribution < 1.29 is 0 Å². The summed E-state index contributed by atoms with van der Waals surface area (Å²) < 4.78 is 0. The van der Waals surface area contributed by atoms with Crippen molar-refractivity contribution in [3.63, 3.8) is 0 Å². The van der Waals surface area contributed by atoms with E-state index >= 15 is 0 Å². The zero-order valence-electron chi connectivity index (χ0n) is 51.2. The third kappa shape index (κ3) is 9.21. The highest BCUT2D eigenvalue weighted by atomic mass is 15.2. The van der Waals surface area contributed by atoms with E-state index in [1.807, 2.05) is 0 Å². The van der Waals surface area contributed by atoms with Gasteiger partial charge in [0.2, 0.25) is 0 Å². The summed E-state index contributed by atoms with van der Waals surface area (Å²) in [6.07, 6.45) is 0. The van der Waals surface area contributed by atoms with Crippen molar-refractivity contribution in [3.05, 3.63) is 252 Å². The molecule has 13 rings (SSSR count). The molecule has 0 aromatic heterocycles. The van der Waals surface area contributed by atoms with Crippen molar-refractivity contribution in [2.24, 2.45) is 0 Å². The fourth-order valence-electron chi connectivity index (χ4n) is 13.5. The summed E-state index contributed by atoms with van der Waals surface area (Å²) in [5.74, 6) is 0. The fourth-order valence-corrected chi connectivity index (χ4v) is 13.5. The molecule has 0 N–H and O–H groups in total. The van der Waals surface area contributed by atoms with Gasteiger partial charge in [-0.3, -0.25) is 0 Å². The molecule has 0 bridgehead atoms. The minimum Gasteiger partial charge on any atom is -0.376 e. The maximum absolute atomic E-state index is 2.72. The number of hydrogen-bond acceptors (Lipinski definition) is 3. The lowest BCUT2D eigenvalue weighted by Gasteiger charge is -2.47. The van der Waals surface area contributed by atoms with Crippen LogP contribution in [-0.2, 0) is 27.1 Å². The second-order valence-corrected chi connectivity index (χ2v) is 28.3. The predicted octanol–water partition coefficient (Wildman–Crippen LogP) is 20.7. The molecule has 83 heavy (non-hydrogen) atoms. The van der Waals surface area contributed by atoms with Gasteiger partial charge in [-0.2, -0.15) is 0 Å². The molecule has 10 aromatic rings. The molecule has 4 heteroatoms. The van der Waals surface area contributed by atoms with Crippen LogP contribution in [0, 0.1) is 0 Å². The van der Waals surface area contributed by atoms with E-state index in [1.165, 1.54) is 100 Å². The summed E-state index contributed by atoms with van der Waals surface area (Å²) in [7, 11) is 0. The first kappa shape index (κ1) is 53.9. The van der Waals surface area contributed by atoms with Crippen molar-refractivity contribution in [2.75, 3.05) is 14.6 Å². The zero-order chi connectivity index (χ0) is 58.1. The number of rotatable bonds is 7. The molecular weight excluding hydrogens is 1000 g/mol. The largest absolute Gasteiger partial charge is 0.376 e. The zero-order valence-corrected chi connectivity index (χ0v) is 51.2. The molecule has 3 aliphatic rings. The van der Waals surface area contributed by atoms with Gasteiger partial charge in [-0.15, -0.1) is 0 Å². The minimum absolute atomic E-state index is 0.00605. The van der Waals surface area contributed by atoms with Crippen LogP contribution >= 0.6 is 0 Å². The van der Waals surface area contributed by atoms with E-state index in [2.05, 4.69) is 330 Å². The third-order valence-electron chi connectivity index (χ3n) is 18.3. The Morgan fingerprint density at radius 3 is 1.42 bits per heavy atom. The Labute approximate surface area is 495 Å². The van der Waals surface area contributed by atoms with Gasteiger partial charge in [-0.25, -0.2) is 0 Å². The number of anilines is 8. The van der Waals surface area contributed by atoms with Crippen LogP contribution in [-0.4, -0.2) is 6.85 Å². The number of fused-ring (bicyclic) bond motifs is 7. The molecule has 10 aromatic carbocycles. The average molecular weight is 1080 g/mol. The molecule has 0 fully saturated rings. The summed E-state index contributed by atoms with van der Waals surface area (Å²) >= 11 is 0. The van der Waals surface area contributed by atoms with Crippen LogP contribution in [0.2, 0.25) is 0 Å². The Morgan fingerprint density at radius 2 is 0.843 bits per heavy atom. The minimum atomic E-state index is -0.239. The smallest absolute Gasteiger partial charge is 0.333 e. The molecule has 0 radical (unpaired) electrons. The van der Waals surface area contributed by atoms with Gasteiger partial charge < -0.3 is 14.6 Å². The standard InChI is InChI=1S/C79H78BN3/c1-75(2,3)54-29-36-58(37-30-54)81(59-38-31-55(32-39-59)76(4,5)6)61-42-44-71-69(48-61)80-74-66(65-49-64-62-27-21-22-28-67(62)79(13,14)68(64)50-72(65)83(80)60-40-33-56(34-41-60)77(7,8)9)45-53(51-23-17-15-18-24-51)46-73(74)82(71)70-43-35-57(78(10,11)12)47-63(70)52-25-19-16-20-26-52/h15-50H,1-14H3. The molecule has 2 heterocycles. The van der Waals surface area contributed by atoms with Gasteiger partial charge >= 0.3 is 6.85 Å². The SMILES string of the molecule is CC(C)(C)c1ccc(N2B3c4cc(N(c5ccc(C(C)(C)C)cc5)c5ccc(C(C)(C)C)cc5)ccc4N(c4ccc(C(C)(C)C)cc4-c4ccccc4)c4cc(-c5ccccc5)cc(c43)-c3cc4c(cc32)C(C)(C)c2ccccc2-4)cc1. The summed E-state index contributed by atoms with van der Waals surface area (Å²) in [4.78, 5) is 7.84. The molecule has 0 unspecified atom stereocenters. The first-order valence-corrected chi connectivity index (χ1v) is 30.0. The van der Waals surface area contributed by atoms with Crippen LogP contribution in [0.25, 0.3) is 44.5 Å². The first-order valence-electron chi connectivity index (χ1n) is 30.0. The molecule has 412 valence electrons. The molecular formula is C79H78BN3. The van der Waals surface area contributed by atoms with Crippen LogP contribution in [0.5, 0.6) is 0 Å². The van der Waals surface area contributed by atoms with Crippen molar-refractivity contribution in [2.45, 2.75) is 124 Å². The molecule has 0 saturated heterocycles. The van der Waals surface area contributed by atoms with Crippen LogP contribution in [0.4, 0.5) is 45.5 Å². The van der Waals surface area contributed by atoms with E-state index in [4.69, 9.17) is 0 Å². The van der Waals surface area contributed by atoms with Gasteiger partial charge in [-0.1, -0.05) is 224 Å². The Balaban J connectivity index is 1.17. The molecule has 0 atom stereocenters. The monoisotopic (exact) mass is 1080 g/mol. The number of nitrogens with zero attached hydrogens (tertiary/aromatic N) is 3. The van der Waals surface area contributed by atoms with Crippen molar-refractivity contribution in [3.8, 4) is 44.5 Å². The van der Waals surface area contributed by atoms with Gasteiger partial charge in [0.05, 0.1) is 5.69 Å². The van der Waals surface area contributed by atoms with Gasteiger partial charge in [0.15, 0.2) is 0 Å². The Bertz CT molecular complexity index is 4070. The van der Waals surface area contributed by atoms with E-state index in [1.54, 1.807) is 0 Å². The lowest BCUT2D eigenvalue weighted by atomic mass is 9.43. The van der Waals surface area contributed by atoms with Crippen LogP contribution in [0.1, 0.15) is 130 Å². The fraction of sp³-hybridized carbons (Fsp3) is 0.241. The lowest BCUT2D eigenvalue weighted by molar-refractivity contribution is 0.590. The van der Waals surface area contributed by atoms with Crippen LogP contribution < -0.4 is 25.5 Å². The van der Waals surface area contributed by atoms with E-state index in [9.17, 15) is 0 Å². The predicted molar refractivity (Wildman–Crippen MR) is 358 cm³/mol. The van der Waals surface area contributed by atoms with Crippen LogP contribution in [0.3, 0.4) is 0 Å². The Hall–Kier alpha value is -8.34. The number of benzene rings is 10. The highest BCUT2D eigenvalue weighted by Crippen LogP contribution is 2.56. The molecule has 2 aliphatic heterocycles. The van der Waals surface area contributed by atoms with Crippen molar-refractivity contribution in [1.29, 1.82) is 0 Å². The Morgan fingerprint density at radius 1 is 0.337 bits per heavy atom. The van der Waals surface area contributed by atoms with Gasteiger partial charge in [0.1, 0.15) is 0 Å². The maximum atomic E-state index is 2.72. The summed E-state index contributed by atoms with van der Waals surface area (Å²) in [6.45, 7) is 32.3. The molecule has 0 amide bonds. The van der Waals surface area contributed by atoms with Gasteiger partial charge in [0.25, 0.3) is 0 Å². The number of hydrogen-bond donors (Lipinski definition) is 0. The van der Waals surface area contributed by atoms with E-state index in [-0.39, 0.29) is 33.9 Å². The highest BCUT2D eigenvalue weighted by molar-refractivity contribution is 6.93. The Kier molecular flexibility index (Phi) is 12.6. The topological polar surface area (TPSA) is 9.72 Å². The third-order valence-corrected chi connectivity index (χ3v) is 18.3. The van der Waals surface area contributed by atoms with E-state index in [0.29, 0.717) is 0 Å². The van der Waals surface area contributed by atoms with Gasteiger partial charge in [-0.05, 0) is 190 Å². The van der Waals surface area contributed by atoms with E-state index in [0.717, 1.165) is 34.1 Å². The maximum Gasteiger partial charge on any atom is 0.333 e. The molecule has 0 spiro atoms. The quantitative estimate of drug-likeness (QED) is 0.147. The van der Waals surface area contributed by atoms with Crippen molar-refractivity contribution >= 4 is 63.3 Å². The lowest BCUT2D eigenvalue weighted by Crippen LogP contribution is -2.61. The summed E-state index contributed by atoms with van der Waals surface area (Å²) in [5.41, 5.74) is 29.3. The second-order valence-electron chi connectivity index (χ2n) is 28.3. The molecule has 1 aliphatic carbocycles. The van der Waals surface area contributed by atoms with Crippen LogP contribution in [0.15, 0.2) is 218 Å². The second kappa shape index (κ2) is 19.4. The van der Waals surface area contributed by atoms with Gasteiger partial charge in [0, 0.05) is 56.4 Å². The normalized spacial score (nSPS) is 14.2. The molecule has 0 saturated carbocycles. The summed E-state index contributed by atoms with van der Waals surface area (Å²) in [5, 5.41) is 0.